The highest BCUT2D eigenvalue weighted by Gasteiger charge is 2.02. The van der Waals surface area contributed by atoms with Gasteiger partial charge in [0.25, 0.3) is 0 Å². The fourth-order valence-electron chi connectivity index (χ4n) is 1.88. The molecule has 1 aromatic heterocycles. The Balaban J connectivity index is 1.68. The number of halogens is 1. The molecule has 0 aliphatic carbocycles. The van der Waals surface area contributed by atoms with Crippen LogP contribution in [0.1, 0.15) is 5.56 Å². The lowest BCUT2D eigenvalue weighted by Gasteiger charge is -2.06. The van der Waals surface area contributed by atoms with Crippen LogP contribution in [0.4, 0.5) is 4.39 Å². The summed E-state index contributed by atoms with van der Waals surface area (Å²) in [7, 11) is 0. The van der Waals surface area contributed by atoms with E-state index in [1.54, 1.807) is 24.5 Å². The second-order valence-corrected chi connectivity index (χ2v) is 4.52. The van der Waals surface area contributed by atoms with Crippen LogP contribution in [0.2, 0.25) is 0 Å². The summed E-state index contributed by atoms with van der Waals surface area (Å²) in [5.74, 6) is 0.869. The molecule has 0 unspecified atom stereocenters. The maximum absolute atomic E-state index is 12.9. The molecule has 0 saturated carbocycles. The Kier molecular flexibility index (Phi) is 3.87. The number of ether oxygens (including phenoxy) is 1. The summed E-state index contributed by atoms with van der Waals surface area (Å²) in [6.07, 6.45) is 3.24. The van der Waals surface area contributed by atoms with Gasteiger partial charge in [-0.25, -0.2) is 14.4 Å². The van der Waals surface area contributed by atoms with Crippen molar-refractivity contribution >= 4 is 0 Å². The second-order valence-electron chi connectivity index (χ2n) is 4.52. The van der Waals surface area contributed by atoms with Crippen molar-refractivity contribution in [1.29, 1.82) is 0 Å². The lowest BCUT2D eigenvalue weighted by Crippen LogP contribution is -1.97. The Morgan fingerprint density at radius 1 is 0.857 bits per heavy atom. The molecule has 21 heavy (non-hydrogen) atoms. The van der Waals surface area contributed by atoms with Gasteiger partial charge >= 0.3 is 0 Å². The molecule has 3 rings (SSSR count). The molecule has 3 aromatic rings. The molecule has 0 saturated heterocycles. The molecule has 104 valence electrons. The van der Waals surface area contributed by atoms with Crippen molar-refractivity contribution in [3.8, 4) is 17.1 Å². The first-order valence-corrected chi connectivity index (χ1v) is 6.56. The molecule has 0 amide bonds. The van der Waals surface area contributed by atoms with E-state index in [0.29, 0.717) is 18.2 Å². The van der Waals surface area contributed by atoms with E-state index in [-0.39, 0.29) is 5.82 Å². The highest BCUT2D eigenvalue weighted by molar-refractivity contribution is 5.54. The first-order chi connectivity index (χ1) is 10.3. The highest BCUT2D eigenvalue weighted by Crippen LogP contribution is 2.17. The minimum absolute atomic E-state index is 0.276. The van der Waals surface area contributed by atoms with Crippen LogP contribution in [-0.4, -0.2) is 9.97 Å². The van der Waals surface area contributed by atoms with E-state index in [4.69, 9.17) is 4.74 Å². The van der Waals surface area contributed by atoms with Crippen LogP contribution >= 0.6 is 0 Å². The number of rotatable bonds is 4. The van der Waals surface area contributed by atoms with Crippen LogP contribution in [0.25, 0.3) is 11.4 Å². The van der Waals surface area contributed by atoms with Gasteiger partial charge in [-0.2, -0.15) is 0 Å². The average molecular weight is 280 g/mol. The molecule has 0 bridgehead atoms. The molecule has 0 N–H and O–H groups in total. The van der Waals surface area contributed by atoms with E-state index in [1.807, 2.05) is 30.3 Å². The van der Waals surface area contributed by atoms with Crippen LogP contribution in [0.3, 0.4) is 0 Å². The van der Waals surface area contributed by atoms with Gasteiger partial charge in [-0.1, -0.05) is 30.3 Å². The zero-order valence-electron chi connectivity index (χ0n) is 11.2. The van der Waals surface area contributed by atoms with E-state index in [0.717, 1.165) is 11.1 Å². The highest BCUT2D eigenvalue weighted by atomic mass is 19.1. The van der Waals surface area contributed by atoms with E-state index < -0.39 is 0 Å². The minimum atomic E-state index is -0.276. The number of hydrogen-bond acceptors (Lipinski definition) is 3. The summed E-state index contributed by atoms with van der Waals surface area (Å²) in [4.78, 5) is 8.46. The molecule has 2 aromatic carbocycles. The summed E-state index contributed by atoms with van der Waals surface area (Å²) in [5, 5.41) is 0. The molecular weight excluding hydrogens is 267 g/mol. The van der Waals surface area contributed by atoms with Gasteiger partial charge in [0.15, 0.2) is 11.6 Å². The van der Waals surface area contributed by atoms with E-state index in [9.17, 15) is 4.39 Å². The molecule has 1 heterocycles. The van der Waals surface area contributed by atoms with Gasteiger partial charge in [0.05, 0.1) is 12.4 Å². The molecule has 0 aliphatic heterocycles. The van der Waals surface area contributed by atoms with Gasteiger partial charge < -0.3 is 4.74 Å². The van der Waals surface area contributed by atoms with E-state index >= 15 is 0 Å². The maximum Gasteiger partial charge on any atom is 0.159 e. The van der Waals surface area contributed by atoms with Crippen molar-refractivity contribution in [1.82, 2.24) is 9.97 Å². The zero-order chi connectivity index (χ0) is 14.5. The van der Waals surface area contributed by atoms with Crippen LogP contribution in [0.15, 0.2) is 67.0 Å². The lowest BCUT2D eigenvalue weighted by atomic mass is 10.2. The average Bonchev–Trinajstić information content (AvgIpc) is 2.55. The van der Waals surface area contributed by atoms with Crippen molar-refractivity contribution in [3.05, 3.63) is 78.4 Å². The van der Waals surface area contributed by atoms with Crippen molar-refractivity contribution in [2.45, 2.75) is 6.61 Å². The summed E-state index contributed by atoms with van der Waals surface area (Å²) < 4.78 is 18.5. The van der Waals surface area contributed by atoms with Crippen LogP contribution < -0.4 is 4.74 Å². The number of benzene rings is 2. The third kappa shape index (κ3) is 3.42. The SMILES string of the molecule is Fc1ccc(-c2ncc(OCc3ccccc3)cn2)cc1. The van der Waals surface area contributed by atoms with Gasteiger partial charge in [-0.15, -0.1) is 0 Å². The molecule has 4 heteroatoms. The predicted octanol–water partition coefficient (Wildman–Crippen LogP) is 3.86. The number of nitrogens with zero attached hydrogens (tertiary/aromatic N) is 2. The third-order valence-electron chi connectivity index (χ3n) is 2.98. The van der Waals surface area contributed by atoms with Gasteiger partial charge in [0, 0.05) is 5.56 Å². The minimum Gasteiger partial charge on any atom is -0.486 e. The van der Waals surface area contributed by atoms with Crippen molar-refractivity contribution in [3.63, 3.8) is 0 Å². The largest absolute Gasteiger partial charge is 0.486 e. The van der Waals surface area contributed by atoms with Gasteiger partial charge in [-0.05, 0) is 29.8 Å². The summed E-state index contributed by atoms with van der Waals surface area (Å²) in [6, 6.07) is 16.0. The standard InChI is InChI=1S/C17H13FN2O/c18-15-8-6-14(7-9-15)17-19-10-16(11-20-17)21-12-13-4-2-1-3-5-13/h1-11H,12H2. The Bertz CT molecular complexity index is 697. The summed E-state index contributed by atoms with van der Waals surface area (Å²) in [5.41, 5.74) is 1.85. The lowest BCUT2D eigenvalue weighted by molar-refractivity contribution is 0.303. The fourth-order valence-corrected chi connectivity index (χ4v) is 1.88. The molecule has 0 radical (unpaired) electrons. The number of aromatic nitrogens is 2. The number of hydrogen-bond donors (Lipinski definition) is 0. The smallest absolute Gasteiger partial charge is 0.159 e. The predicted molar refractivity (Wildman–Crippen MR) is 78.2 cm³/mol. The van der Waals surface area contributed by atoms with Crippen LogP contribution in [-0.2, 0) is 6.61 Å². The first kappa shape index (κ1) is 13.2. The quantitative estimate of drug-likeness (QED) is 0.728. The molecule has 0 aliphatic rings. The first-order valence-electron chi connectivity index (χ1n) is 6.56. The molecule has 3 nitrogen and oxygen atoms in total. The van der Waals surface area contributed by atoms with Gasteiger partial charge in [0.1, 0.15) is 12.4 Å². The zero-order valence-corrected chi connectivity index (χ0v) is 11.2. The Morgan fingerprint density at radius 3 is 2.19 bits per heavy atom. The summed E-state index contributed by atoms with van der Waals surface area (Å²) in [6.45, 7) is 0.472. The summed E-state index contributed by atoms with van der Waals surface area (Å²) >= 11 is 0. The van der Waals surface area contributed by atoms with Crippen molar-refractivity contribution < 1.29 is 9.13 Å². The van der Waals surface area contributed by atoms with E-state index in [2.05, 4.69) is 9.97 Å². The van der Waals surface area contributed by atoms with Gasteiger partial charge in [-0.3, -0.25) is 0 Å². The Morgan fingerprint density at radius 2 is 1.52 bits per heavy atom. The Hall–Kier alpha value is -2.75. The molecule has 0 atom stereocenters. The van der Waals surface area contributed by atoms with Crippen molar-refractivity contribution in [2.75, 3.05) is 0 Å². The van der Waals surface area contributed by atoms with E-state index in [1.165, 1.54) is 12.1 Å². The fraction of sp³-hybridized carbons (Fsp3) is 0.0588. The monoisotopic (exact) mass is 280 g/mol. The van der Waals surface area contributed by atoms with Crippen molar-refractivity contribution in [2.24, 2.45) is 0 Å². The maximum atomic E-state index is 12.9. The normalized spacial score (nSPS) is 10.3. The van der Waals surface area contributed by atoms with Crippen LogP contribution in [0, 0.1) is 5.82 Å². The van der Waals surface area contributed by atoms with Gasteiger partial charge in [0.2, 0.25) is 0 Å². The molecular formula is C17H13FN2O. The second kappa shape index (κ2) is 6.13. The van der Waals surface area contributed by atoms with Crippen LogP contribution in [0.5, 0.6) is 5.75 Å². The topological polar surface area (TPSA) is 35.0 Å². The third-order valence-corrected chi connectivity index (χ3v) is 2.98. The molecule has 0 spiro atoms. The Labute approximate surface area is 122 Å². The molecule has 0 fully saturated rings.